The van der Waals surface area contributed by atoms with E-state index in [4.69, 9.17) is 0 Å². The van der Waals surface area contributed by atoms with Crippen molar-refractivity contribution in [3.05, 3.63) is 29.8 Å². The fourth-order valence-electron chi connectivity index (χ4n) is 0.695. The summed E-state index contributed by atoms with van der Waals surface area (Å²) in [5.74, 6) is 0.406. The number of rotatable bonds is 1. The van der Waals surface area contributed by atoms with Gasteiger partial charge in [0.05, 0.1) is 5.56 Å². The van der Waals surface area contributed by atoms with Gasteiger partial charge in [-0.3, -0.25) is 0 Å². The Labute approximate surface area is 81.2 Å². The molecule has 12 heavy (non-hydrogen) atoms. The second-order valence-corrected chi connectivity index (χ2v) is 2.54. The summed E-state index contributed by atoms with van der Waals surface area (Å²) in [5.41, 5.74) is -0.667. The molecule has 0 radical (unpaired) electrons. The third kappa shape index (κ3) is 2.26. The highest BCUT2D eigenvalue weighted by atomic mass is 127. The van der Waals surface area contributed by atoms with Crippen LogP contribution in [0.3, 0.4) is 0 Å². The molecule has 0 saturated heterocycles. The largest absolute Gasteiger partial charge is 0.428 e. The molecule has 0 aliphatic rings. The van der Waals surface area contributed by atoms with Crippen LogP contribution in [-0.2, 0) is 6.18 Å². The van der Waals surface area contributed by atoms with Gasteiger partial charge in [-0.2, -0.15) is 13.2 Å². The molecule has 1 nitrogen and oxygen atoms in total. The van der Waals surface area contributed by atoms with Gasteiger partial charge in [0.2, 0.25) is 0 Å². The molecular formula is C7H4F3IO. The molecule has 0 amide bonds. The van der Waals surface area contributed by atoms with Crippen LogP contribution in [0.1, 0.15) is 5.56 Å². The van der Waals surface area contributed by atoms with E-state index >= 15 is 0 Å². The van der Waals surface area contributed by atoms with Crippen LogP contribution >= 0.6 is 23.0 Å². The Bertz CT molecular complexity index is 254. The van der Waals surface area contributed by atoms with Gasteiger partial charge in [-0.1, -0.05) is 0 Å². The van der Waals surface area contributed by atoms with E-state index in [2.05, 4.69) is 3.07 Å². The molecule has 5 heteroatoms. The van der Waals surface area contributed by atoms with Crippen molar-refractivity contribution in [2.24, 2.45) is 0 Å². The van der Waals surface area contributed by atoms with Crippen LogP contribution in [0.2, 0.25) is 0 Å². The molecule has 0 fully saturated rings. The normalized spacial score (nSPS) is 11.3. The maximum Gasteiger partial charge on any atom is 0.416 e. The summed E-state index contributed by atoms with van der Waals surface area (Å²) in [6.45, 7) is 0. The SMILES string of the molecule is FC(F)(F)c1ccc(OI)cc1. The molecule has 0 aliphatic carbocycles. The quantitative estimate of drug-likeness (QED) is 0.719. The molecule has 0 aliphatic heterocycles. The number of hydrogen-bond donors (Lipinski definition) is 0. The molecule has 0 bridgehead atoms. The molecule has 0 aromatic heterocycles. The fraction of sp³-hybridized carbons (Fsp3) is 0.143. The predicted octanol–water partition coefficient (Wildman–Crippen LogP) is 3.43. The van der Waals surface area contributed by atoms with E-state index in [-0.39, 0.29) is 0 Å². The first kappa shape index (κ1) is 9.63. The van der Waals surface area contributed by atoms with E-state index < -0.39 is 11.7 Å². The van der Waals surface area contributed by atoms with Gasteiger partial charge in [-0.25, -0.2) is 0 Å². The monoisotopic (exact) mass is 288 g/mol. The first-order valence-electron chi connectivity index (χ1n) is 3.00. The van der Waals surface area contributed by atoms with E-state index in [9.17, 15) is 13.2 Å². The molecule has 0 N–H and O–H groups in total. The van der Waals surface area contributed by atoms with Crippen LogP contribution in [0.25, 0.3) is 0 Å². The number of hydrogen-bond acceptors (Lipinski definition) is 1. The van der Waals surface area contributed by atoms with Gasteiger partial charge in [-0.15, -0.1) is 0 Å². The van der Waals surface area contributed by atoms with Crippen LogP contribution < -0.4 is 3.07 Å². The van der Waals surface area contributed by atoms with Gasteiger partial charge in [0.25, 0.3) is 0 Å². The minimum Gasteiger partial charge on any atom is -0.428 e. The van der Waals surface area contributed by atoms with Gasteiger partial charge in [-0.05, 0) is 24.3 Å². The van der Waals surface area contributed by atoms with Crippen molar-refractivity contribution in [3.8, 4) is 5.75 Å². The smallest absolute Gasteiger partial charge is 0.416 e. The maximum atomic E-state index is 12.0. The lowest BCUT2D eigenvalue weighted by atomic mass is 10.2. The highest BCUT2D eigenvalue weighted by Crippen LogP contribution is 2.30. The van der Waals surface area contributed by atoms with Crippen LogP contribution in [0, 0.1) is 0 Å². The lowest BCUT2D eigenvalue weighted by molar-refractivity contribution is -0.137. The van der Waals surface area contributed by atoms with Gasteiger partial charge >= 0.3 is 6.18 Å². The van der Waals surface area contributed by atoms with Crippen molar-refractivity contribution in [1.82, 2.24) is 0 Å². The minimum absolute atomic E-state index is 0.406. The summed E-state index contributed by atoms with van der Waals surface area (Å²) in [7, 11) is 0. The maximum absolute atomic E-state index is 12.0. The van der Waals surface area contributed by atoms with Crippen molar-refractivity contribution in [2.75, 3.05) is 0 Å². The Hall–Kier alpha value is -0.460. The summed E-state index contributed by atoms with van der Waals surface area (Å²) < 4.78 is 40.6. The third-order valence-electron chi connectivity index (χ3n) is 1.27. The Balaban J connectivity index is 2.93. The van der Waals surface area contributed by atoms with Crippen molar-refractivity contribution >= 4 is 23.0 Å². The molecule has 0 spiro atoms. The first-order chi connectivity index (χ1) is 5.54. The minimum atomic E-state index is -4.27. The van der Waals surface area contributed by atoms with E-state index in [0.717, 1.165) is 12.1 Å². The average molecular weight is 288 g/mol. The molecular weight excluding hydrogens is 284 g/mol. The molecule has 0 heterocycles. The molecule has 1 aromatic rings. The van der Waals surface area contributed by atoms with Gasteiger partial charge < -0.3 is 3.07 Å². The van der Waals surface area contributed by atoms with Gasteiger partial charge in [0, 0.05) is 0 Å². The van der Waals surface area contributed by atoms with E-state index in [1.165, 1.54) is 12.1 Å². The van der Waals surface area contributed by atoms with E-state index in [1.54, 1.807) is 23.0 Å². The van der Waals surface area contributed by atoms with Crippen LogP contribution in [0.15, 0.2) is 24.3 Å². The van der Waals surface area contributed by atoms with Crippen LogP contribution in [0.5, 0.6) is 5.75 Å². The topological polar surface area (TPSA) is 9.23 Å². The number of alkyl halides is 3. The highest BCUT2D eigenvalue weighted by molar-refractivity contribution is 14.1. The Morgan fingerprint density at radius 1 is 1.08 bits per heavy atom. The number of halogens is 4. The summed E-state index contributed by atoms with van der Waals surface area (Å²) in [6.07, 6.45) is -4.27. The molecule has 0 unspecified atom stereocenters. The average Bonchev–Trinajstić information content (AvgIpc) is 2.03. The summed E-state index contributed by atoms with van der Waals surface area (Å²) in [6, 6.07) is 4.51. The molecule has 1 rings (SSSR count). The van der Waals surface area contributed by atoms with Crippen molar-refractivity contribution in [2.45, 2.75) is 6.18 Å². The first-order valence-corrected chi connectivity index (χ1v) is 3.88. The van der Waals surface area contributed by atoms with Crippen molar-refractivity contribution < 1.29 is 16.2 Å². The van der Waals surface area contributed by atoms with E-state index in [1.807, 2.05) is 0 Å². The fourth-order valence-corrected chi connectivity index (χ4v) is 0.989. The molecule has 0 atom stereocenters. The zero-order chi connectivity index (χ0) is 9.19. The zero-order valence-electron chi connectivity index (χ0n) is 5.73. The Morgan fingerprint density at radius 2 is 1.58 bits per heavy atom. The second kappa shape index (κ2) is 3.51. The summed E-state index contributed by atoms with van der Waals surface area (Å²) >= 11 is 1.60. The summed E-state index contributed by atoms with van der Waals surface area (Å²) in [5, 5.41) is 0. The standard InChI is InChI=1S/C7H4F3IO/c8-7(9,10)5-1-3-6(12-11)4-2-5/h1-4H. The second-order valence-electron chi connectivity index (χ2n) is 2.10. The lowest BCUT2D eigenvalue weighted by Gasteiger charge is -2.05. The third-order valence-corrected chi connectivity index (χ3v) is 1.78. The van der Waals surface area contributed by atoms with Crippen molar-refractivity contribution in [1.29, 1.82) is 0 Å². The zero-order valence-corrected chi connectivity index (χ0v) is 7.89. The highest BCUT2D eigenvalue weighted by Gasteiger charge is 2.29. The molecule has 0 saturated carbocycles. The lowest BCUT2D eigenvalue weighted by Crippen LogP contribution is -2.03. The van der Waals surface area contributed by atoms with E-state index in [0.29, 0.717) is 5.75 Å². The molecule has 66 valence electrons. The van der Waals surface area contributed by atoms with Crippen LogP contribution in [-0.4, -0.2) is 0 Å². The van der Waals surface area contributed by atoms with Gasteiger partial charge in [0.1, 0.15) is 5.75 Å². The van der Waals surface area contributed by atoms with Crippen LogP contribution in [0.4, 0.5) is 13.2 Å². The predicted molar refractivity (Wildman–Crippen MR) is 46.1 cm³/mol. The Kier molecular flexibility index (Phi) is 2.81. The Morgan fingerprint density at radius 3 is 1.92 bits per heavy atom. The summed E-state index contributed by atoms with van der Waals surface area (Å²) in [4.78, 5) is 0. The number of benzene rings is 1. The van der Waals surface area contributed by atoms with Gasteiger partial charge in [0.15, 0.2) is 23.0 Å². The van der Waals surface area contributed by atoms with Crippen molar-refractivity contribution in [3.63, 3.8) is 0 Å². The molecule has 1 aromatic carbocycles.